The van der Waals surface area contributed by atoms with Gasteiger partial charge in [0.1, 0.15) is 22.2 Å². The number of rotatable bonds is 2. The Kier molecular flexibility index (Phi) is 3.56. The second-order valence-electron chi connectivity index (χ2n) is 5.29. The first-order valence-electron chi connectivity index (χ1n) is 7.40. The predicted molar refractivity (Wildman–Crippen MR) is 97.2 cm³/mol. The van der Waals surface area contributed by atoms with E-state index in [9.17, 15) is 15.2 Å². The third-order valence-electron chi connectivity index (χ3n) is 3.72. The van der Waals surface area contributed by atoms with E-state index in [0.717, 1.165) is 10.2 Å². The van der Waals surface area contributed by atoms with Crippen LogP contribution in [0.4, 0.5) is 0 Å². The van der Waals surface area contributed by atoms with Crippen LogP contribution in [0.3, 0.4) is 0 Å². The zero-order valence-corrected chi connectivity index (χ0v) is 13.6. The molecule has 0 aliphatic rings. The van der Waals surface area contributed by atoms with Gasteiger partial charge in [0.15, 0.2) is 16.9 Å². The Morgan fingerprint density at radius 3 is 2.72 bits per heavy atom. The molecule has 120 valence electrons. The molecule has 1 N–H and O–H groups in total. The van der Waals surface area contributed by atoms with Crippen LogP contribution in [0, 0.1) is 11.3 Å². The quantitative estimate of drug-likeness (QED) is 0.430. The maximum Gasteiger partial charge on any atom is 0.193 e. The van der Waals surface area contributed by atoms with Crippen LogP contribution in [0.15, 0.2) is 63.8 Å². The second-order valence-corrected chi connectivity index (χ2v) is 6.32. The molecular weight excluding hydrogens is 336 g/mol. The van der Waals surface area contributed by atoms with E-state index < -0.39 is 5.76 Å². The molecule has 6 heteroatoms. The van der Waals surface area contributed by atoms with Gasteiger partial charge in [0, 0.05) is 6.07 Å². The molecule has 4 rings (SSSR count). The van der Waals surface area contributed by atoms with E-state index >= 15 is 0 Å². The molecule has 0 aliphatic heterocycles. The fourth-order valence-electron chi connectivity index (χ4n) is 2.53. The van der Waals surface area contributed by atoms with E-state index in [2.05, 4.69) is 4.98 Å². The van der Waals surface area contributed by atoms with Gasteiger partial charge in [-0.15, -0.1) is 11.3 Å². The Balaban J connectivity index is 1.93. The van der Waals surface area contributed by atoms with Crippen LogP contribution >= 0.6 is 11.3 Å². The number of aromatic nitrogens is 1. The van der Waals surface area contributed by atoms with Crippen molar-refractivity contribution in [2.75, 3.05) is 0 Å². The number of allylic oxidation sites excluding steroid dienone is 1. The Hall–Kier alpha value is -3.43. The van der Waals surface area contributed by atoms with Crippen molar-refractivity contribution < 1.29 is 9.52 Å². The summed E-state index contributed by atoms with van der Waals surface area (Å²) in [4.78, 5) is 16.6. The summed E-state index contributed by atoms with van der Waals surface area (Å²) in [5, 5.41) is 20.8. The number of nitriles is 1. The minimum Gasteiger partial charge on any atom is -0.503 e. The highest BCUT2D eigenvalue weighted by atomic mass is 32.1. The summed E-state index contributed by atoms with van der Waals surface area (Å²) in [5.41, 5.74) is 0.769. The van der Waals surface area contributed by atoms with Gasteiger partial charge < -0.3 is 9.52 Å². The van der Waals surface area contributed by atoms with Crippen LogP contribution < -0.4 is 5.43 Å². The van der Waals surface area contributed by atoms with Gasteiger partial charge in [-0.05, 0) is 24.3 Å². The number of thiazole rings is 1. The van der Waals surface area contributed by atoms with E-state index in [4.69, 9.17) is 4.42 Å². The molecule has 0 fully saturated rings. The smallest absolute Gasteiger partial charge is 0.193 e. The first kappa shape index (κ1) is 15.1. The average Bonchev–Trinajstić information content (AvgIpc) is 3.06. The number of hydrogen-bond donors (Lipinski definition) is 1. The number of aliphatic hydroxyl groups is 1. The van der Waals surface area contributed by atoms with Gasteiger partial charge in [-0.3, -0.25) is 4.79 Å². The van der Waals surface area contributed by atoms with Crippen LogP contribution in [-0.4, -0.2) is 10.1 Å². The zero-order valence-electron chi connectivity index (χ0n) is 12.8. The average molecular weight is 346 g/mol. The number of para-hydroxylation sites is 2. The van der Waals surface area contributed by atoms with Crippen molar-refractivity contribution in [2.45, 2.75) is 0 Å². The summed E-state index contributed by atoms with van der Waals surface area (Å²) in [6.45, 7) is 0. The molecule has 0 spiro atoms. The van der Waals surface area contributed by atoms with Gasteiger partial charge in [-0.1, -0.05) is 24.3 Å². The largest absolute Gasteiger partial charge is 0.503 e. The molecule has 25 heavy (non-hydrogen) atoms. The number of nitrogens with zero attached hydrogens (tertiary/aromatic N) is 2. The molecule has 4 aromatic rings. The number of fused-ring (bicyclic) bond motifs is 2. The van der Waals surface area contributed by atoms with Crippen LogP contribution in [0.2, 0.25) is 0 Å². The van der Waals surface area contributed by atoms with Crippen molar-refractivity contribution >= 4 is 43.9 Å². The molecular formula is C19H10N2O3S. The van der Waals surface area contributed by atoms with Crippen LogP contribution in [0.5, 0.6) is 0 Å². The summed E-state index contributed by atoms with van der Waals surface area (Å²) in [6, 6.07) is 17.3. The molecule has 0 radical (unpaired) electrons. The van der Waals surface area contributed by atoms with Gasteiger partial charge in [0.05, 0.1) is 15.6 Å². The highest BCUT2D eigenvalue weighted by Crippen LogP contribution is 2.31. The highest BCUT2D eigenvalue weighted by Gasteiger charge is 2.18. The first-order valence-corrected chi connectivity index (χ1v) is 8.21. The summed E-state index contributed by atoms with van der Waals surface area (Å²) in [7, 11) is 0. The van der Waals surface area contributed by atoms with Gasteiger partial charge in [-0.2, -0.15) is 5.26 Å². The van der Waals surface area contributed by atoms with E-state index in [1.54, 1.807) is 24.3 Å². The van der Waals surface area contributed by atoms with Crippen LogP contribution in [0.1, 0.15) is 10.8 Å². The maximum absolute atomic E-state index is 12.2. The number of aliphatic hydroxyl groups excluding tert-OH is 1. The number of hydrogen-bond acceptors (Lipinski definition) is 6. The third kappa shape index (κ3) is 2.57. The topological polar surface area (TPSA) is 87.1 Å². The maximum atomic E-state index is 12.2. The van der Waals surface area contributed by atoms with Gasteiger partial charge >= 0.3 is 0 Å². The Bertz CT molecular complexity index is 1210. The molecule has 2 aromatic carbocycles. The van der Waals surface area contributed by atoms with E-state index in [-0.39, 0.29) is 16.8 Å². The Morgan fingerprint density at radius 2 is 1.92 bits per heavy atom. The van der Waals surface area contributed by atoms with Crippen molar-refractivity contribution in [2.24, 2.45) is 0 Å². The van der Waals surface area contributed by atoms with Crippen molar-refractivity contribution in [1.82, 2.24) is 4.98 Å². The molecule has 5 nitrogen and oxygen atoms in total. The highest BCUT2D eigenvalue weighted by molar-refractivity contribution is 7.19. The summed E-state index contributed by atoms with van der Waals surface area (Å²) >= 11 is 1.29. The van der Waals surface area contributed by atoms with Gasteiger partial charge in [0.2, 0.25) is 0 Å². The van der Waals surface area contributed by atoms with Crippen LogP contribution in [-0.2, 0) is 0 Å². The third-order valence-corrected chi connectivity index (χ3v) is 4.78. The van der Waals surface area contributed by atoms with Crippen molar-refractivity contribution in [3.05, 3.63) is 75.6 Å². The molecule has 0 unspecified atom stereocenters. The molecule has 2 aromatic heterocycles. The molecule has 0 saturated heterocycles. The lowest BCUT2D eigenvalue weighted by atomic mass is 10.1. The minimum atomic E-state index is -0.399. The summed E-state index contributed by atoms with van der Waals surface area (Å²) < 4.78 is 6.50. The lowest BCUT2D eigenvalue weighted by Gasteiger charge is -2.03. The molecule has 0 saturated carbocycles. The summed E-state index contributed by atoms with van der Waals surface area (Å²) in [5.74, 6) is -0.455. The fourth-order valence-corrected chi connectivity index (χ4v) is 3.49. The Labute approximate surface area is 145 Å². The van der Waals surface area contributed by atoms with Crippen LogP contribution in [0.25, 0.3) is 32.5 Å². The fraction of sp³-hybridized carbons (Fsp3) is 0. The molecule has 0 atom stereocenters. The zero-order chi connectivity index (χ0) is 17.4. The minimum absolute atomic E-state index is 0.0281. The molecule has 0 bridgehead atoms. The van der Waals surface area contributed by atoms with E-state index in [1.807, 2.05) is 30.3 Å². The lowest BCUT2D eigenvalue weighted by Crippen LogP contribution is -2.02. The number of benzene rings is 2. The predicted octanol–water partition coefficient (Wildman–Crippen LogP) is 4.35. The van der Waals surface area contributed by atoms with Crippen molar-refractivity contribution in [1.29, 1.82) is 5.26 Å². The first-order chi connectivity index (χ1) is 12.2. The summed E-state index contributed by atoms with van der Waals surface area (Å²) in [6.07, 6.45) is 0. The SMILES string of the molecule is N#CC(=C(O)c1cc(=O)c2ccccc2o1)c1nc2ccccc2s1. The monoisotopic (exact) mass is 346 g/mol. The van der Waals surface area contributed by atoms with Crippen molar-refractivity contribution in [3.63, 3.8) is 0 Å². The molecule has 2 heterocycles. The lowest BCUT2D eigenvalue weighted by molar-refractivity contribution is 0.469. The van der Waals surface area contributed by atoms with Gasteiger partial charge in [-0.25, -0.2) is 4.98 Å². The van der Waals surface area contributed by atoms with Gasteiger partial charge in [0.25, 0.3) is 0 Å². The molecule has 0 amide bonds. The van der Waals surface area contributed by atoms with E-state index in [0.29, 0.717) is 16.0 Å². The Morgan fingerprint density at radius 1 is 1.16 bits per heavy atom. The molecule has 0 aliphatic carbocycles. The second kappa shape index (κ2) is 5.89. The van der Waals surface area contributed by atoms with E-state index in [1.165, 1.54) is 17.4 Å². The van der Waals surface area contributed by atoms with Crippen molar-refractivity contribution in [3.8, 4) is 6.07 Å². The standard InChI is InChI=1S/C19H10N2O3S/c20-10-12(19-21-13-6-2-4-8-17(13)25-19)18(23)16-9-14(22)11-5-1-3-7-15(11)24-16/h1-9,23H. The normalized spacial score (nSPS) is 12.1.